The highest BCUT2D eigenvalue weighted by Crippen LogP contribution is 2.45. The molecule has 0 amide bonds. The number of carbonyl (C=O) groups excluding carboxylic acids is 1. The summed E-state index contributed by atoms with van der Waals surface area (Å²) in [4.78, 5) is 28.2. The Labute approximate surface area is 217 Å². The number of rotatable bonds is 12. The van der Waals surface area contributed by atoms with Gasteiger partial charge in [0.1, 0.15) is 24.2 Å². The summed E-state index contributed by atoms with van der Waals surface area (Å²) in [6.45, 7) is 4.99. The number of carbonyl (C=O) groups is 1. The van der Waals surface area contributed by atoms with Crippen molar-refractivity contribution in [2.45, 2.75) is 58.3 Å². The molecule has 1 aliphatic heterocycles. The van der Waals surface area contributed by atoms with Gasteiger partial charge in [-0.1, -0.05) is 29.3 Å². The molecule has 0 radical (unpaired) electrons. The van der Waals surface area contributed by atoms with Crippen LogP contribution in [0, 0.1) is 0 Å². The van der Waals surface area contributed by atoms with Crippen LogP contribution in [0.3, 0.4) is 0 Å². The molecule has 0 saturated carbocycles. The Morgan fingerprint density at radius 3 is 2.72 bits per heavy atom. The molecule has 0 unspecified atom stereocenters. The molecule has 14 heteroatoms. The topological polar surface area (TPSA) is 153 Å². The standard InChI is InChI=1S/C22H30BrN4O8P/c1-4-5-14(2)33-21(28)15(3)26-36(30,35-17-8-6-16(23)7-9-17)32-13-20-31-12-19(34-20)27-11-10-18(24)25-22(27)29/h6-11,14-15,19-20H,4-5,12-13H2,1-3H3,(H,26,30)(H2,24,25,29)/t14-,15-,19-,20-,36-/m0/s1. The van der Waals surface area contributed by atoms with Gasteiger partial charge in [-0.15, -0.1) is 0 Å². The van der Waals surface area contributed by atoms with Crippen molar-refractivity contribution in [2.75, 3.05) is 18.9 Å². The van der Waals surface area contributed by atoms with Crippen molar-refractivity contribution < 1.29 is 32.6 Å². The number of anilines is 1. The van der Waals surface area contributed by atoms with E-state index < -0.39 is 38.0 Å². The number of halogens is 1. The van der Waals surface area contributed by atoms with Crippen LogP contribution in [0.4, 0.5) is 5.82 Å². The lowest BCUT2D eigenvalue weighted by molar-refractivity contribution is -0.150. The number of nitrogen functional groups attached to an aromatic ring is 1. The normalized spacial score (nSPS) is 20.9. The molecule has 0 bridgehead atoms. The molecular weight excluding hydrogens is 559 g/mol. The molecular formula is C22H30BrN4O8P. The Balaban J connectivity index is 1.67. The molecule has 5 atom stereocenters. The number of benzene rings is 1. The van der Waals surface area contributed by atoms with Crippen LogP contribution in [0.5, 0.6) is 5.75 Å². The summed E-state index contributed by atoms with van der Waals surface area (Å²) in [6, 6.07) is 7.05. The van der Waals surface area contributed by atoms with Crippen LogP contribution in [0.15, 0.2) is 45.8 Å². The summed E-state index contributed by atoms with van der Waals surface area (Å²) >= 11 is 3.33. The van der Waals surface area contributed by atoms with Gasteiger partial charge in [-0.3, -0.25) is 13.9 Å². The van der Waals surface area contributed by atoms with Crippen molar-refractivity contribution in [3.8, 4) is 5.75 Å². The zero-order valence-electron chi connectivity index (χ0n) is 20.2. The molecule has 1 aliphatic rings. The van der Waals surface area contributed by atoms with Crippen molar-refractivity contribution in [1.82, 2.24) is 14.6 Å². The molecule has 1 saturated heterocycles. The second-order valence-electron chi connectivity index (χ2n) is 8.12. The summed E-state index contributed by atoms with van der Waals surface area (Å²) in [7, 11) is -4.11. The number of nitrogens with two attached hydrogens (primary N) is 1. The molecule has 2 heterocycles. The van der Waals surface area contributed by atoms with Gasteiger partial charge in [-0.05, 0) is 50.6 Å². The van der Waals surface area contributed by atoms with Gasteiger partial charge in [-0.2, -0.15) is 10.1 Å². The highest BCUT2D eigenvalue weighted by Gasteiger charge is 2.36. The van der Waals surface area contributed by atoms with E-state index in [0.29, 0.717) is 6.42 Å². The Bertz CT molecular complexity index is 1130. The molecule has 3 rings (SSSR count). The molecule has 3 N–H and O–H groups in total. The first-order valence-corrected chi connectivity index (χ1v) is 13.7. The highest BCUT2D eigenvalue weighted by molar-refractivity contribution is 9.10. The van der Waals surface area contributed by atoms with Gasteiger partial charge in [0.2, 0.25) is 0 Å². The van der Waals surface area contributed by atoms with Gasteiger partial charge in [0.05, 0.1) is 12.7 Å². The van der Waals surface area contributed by atoms with Gasteiger partial charge in [0.25, 0.3) is 0 Å². The SMILES string of the molecule is CCC[C@H](C)OC(=O)[C@H](C)N[P@](=O)(OC[C@H]1OC[C@@H](n2ccc(N)nc2=O)O1)Oc1ccc(Br)cc1. The van der Waals surface area contributed by atoms with Gasteiger partial charge in [0.15, 0.2) is 12.5 Å². The number of esters is 1. The van der Waals surface area contributed by atoms with Gasteiger partial charge < -0.3 is 24.5 Å². The van der Waals surface area contributed by atoms with Crippen LogP contribution in [0.1, 0.15) is 39.8 Å². The Morgan fingerprint density at radius 1 is 1.33 bits per heavy atom. The van der Waals surface area contributed by atoms with Gasteiger partial charge in [-0.25, -0.2) is 9.36 Å². The molecule has 198 valence electrons. The monoisotopic (exact) mass is 588 g/mol. The first kappa shape index (κ1) is 28.3. The minimum atomic E-state index is -4.11. The summed E-state index contributed by atoms with van der Waals surface area (Å²) in [5, 5.41) is 2.62. The Morgan fingerprint density at radius 2 is 2.06 bits per heavy atom. The number of nitrogens with one attached hydrogen (secondary N) is 1. The molecule has 12 nitrogen and oxygen atoms in total. The first-order chi connectivity index (χ1) is 17.1. The molecule has 0 aliphatic carbocycles. The first-order valence-electron chi connectivity index (χ1n) is 11.4. The zero-order valence-corrected chi connectivity index (χ0v) is 22.6. The van der Waals surface area contributed by atoms with Gasteiger partial charge >= 0.3 is 19.4 Å². The van der Waals surface area contributed by atoms with Crippen LogP contribution in [0.25, 0.3) is 0 Å². The third kappa shape index (κ3) is 8.12. The maximum Gasteiger partial charge on any atom is 0.459 e. The predicted octanol–water partition coefficient (Wildman–Crippen LogP) is 3.37. The Kier molecular flexibility index (Phi) is 10.1. The van der Waals surface area contributed by atoms with Crippen molar-refractivity contribution in [3.05, 3.63) is 51.5 Å². The molecule has 1 aromatic carbocycles. The van der Waals surface area contributed by atoms with E-state index in [1.54, 1.807) is 31.2 Å². The summed E-state index contributed by atoms with van der Waals surface area (Å²) < 4.78 is 43.5. The smallest absolute Gasteiger partial charge is 0.459 e. The van der Waals surface area contributed by atoms with E-state index in [1.165, 1.54) is 23.8 Å². The summed E-state index contributed by atoms with van der Waals surface area (Å²) in [5.41, 5.74) is 4.92. The van der Waals surface area contributed by atoms with E-state index in [1.807, 2.05) is 6.92 Å². The maximum absolute atomic E-state index is 13.6. The summed E-state index contributed by atoms with van der Waals surface area (Å²) in [6.07, 6.45) is 0.973. The number of hydrogen-bond acceptors (Lipinski definition) is 10. The number of ether oxygens (including phenoxy) is 3. The fraction of sp³-hybridized carbons (Fsp3) is 0.500. The fourth-order valence-electron chi connectivity index (χ4n) is 3.26. The second kappa shape index (κ2) is 12.8. The van der Waals surface area contributed by atoms with Crippen LogP contribution >= 0.6 is 23.7 Å². The minimum Gasteiger partial charge on any atom is -0.462 e. The molecule has 36 heavy (non-hydrogen) atoms. The largest absolute Gasteiger partial charge is 0.462 e. The van der Waals surface area contributed by atoms with Crippen molar-refractivity contribution in [3.63, 3.8) is 0 Å². The maximum atomic E-state index is 13.6. The average Bonchev–Trinajstić information content (AvgIpc) is 3.28. The average molecular weight is 589 g/mol. The van der Waals surface area contributed by atoms with Crippen LogP contribution in [-0.2, 0) is 28.1 Å². The molecule has 0 spiro atoms. The van der Waals surface area contributed by atoms with E-state index in [4.69, 9.17) is 29.0 Å². The minimum absolute atomic E-state index is 0.0306. The number of aromatic nitrogens is 2. The summed E-state index contributed by atoms with van der Waals surface area (Å²) in [5.74, 6) is -0.258. The van der Waals surface area contributed by atoms with Gasteiger partial charge in [0, 0.05) is 10.7 Å². The van der Waals surface area contributed by atoms with Crippen molar-refractivity contribution in [2.24, 2.45) is 0 Å². The predicted molar refractivity (Wildman–Crippen MR) is 134 cm³/mol. The number of nitrogens with zero attached hydrogens (tertiary/aromatic N) is 2. The third-order valence-corrected chi connectivity index (χ3v) is 7.21. The van der Waals surface area contributed by atoms with Crippen LogP contribution in [-0.4, -0.2) is 47.2 Å². The molecule has 2 aromatic rings. The lowest BCUT2D eigenvalue weighted by atomic mass is 10.2. The van der Waals surface area contributed by atoms with E-state index in [9.17, 15) is 14.2 Å². The van der Waals surface area contributed by atoms with Crippen molar-refractivity contribution in [1.29, 1.82) is 0 Å². The number of hydrogen-bond donors (Lipinski definition) is 2. The van der Waals surface area contributed by atoms with Crippen LogP contribution < -0.4 is 21.0 Å². The van der Waals surface area contributed by atoms with Crippen molar-refractivity contribution >= 4 is 35.5 Å². The lowest BCUT2D eigenvalue weighted by Gasteiger charge is -2.24. The van der Waals surface area contributed by atoms with E-state index in [-0.39, 0.29) is 30.9 Å². The van der Waals surface area contributed by atoms with Crippen LogP contribution in [0.2, 0.25) is 0 Å². The highest BCUT2D eigenvalue weighted by atomic mass is 79.9. The quantitative estimate of drug-likeness (QED) is 0.277. The van der Waals surface area contributed by atoms with E-state index >= 15 is 0 Å². The molecule has 1 fully saturated rings. The third-order valence-electron chi connectivity index (χ3n) is 5.03. The van der Waals surface area contributed by atoms with E-state index in [0.717, 1.165) is 10.9 Å². The second-order valence-corrected chi connectivity index (χ2v) is 10.7. The zero-order chi connectivity index (χ0) is 26.3. The Hall–Kier alpha value is -2.28. The molecule has 1 aromatic heterocycles. The fourth-order valence-corrected chi connectivity index (χ4v) is 5.00. The lowest BCUT2D eigenvalue weighted by Crippen LogP contribution is -2.37. The van der Waals surface area contributed by atoms with E-state index in [2.05, 4.69) is 26.0 Å².